The van der Waals surface area contributed by atoms with Gasteiger partial charge in [0, 0.05) is 5.56 Å². The Bertz CT molecular complexity index is 613. The summed E-state index contributed by atoms with van der Waals surface area (Å²) in [6, 6.07) is 6.51. The molecule has 0 saturated carbocycles. The summed E-state index contributed by atoms with van der Waals surface area (Å²) >= 11 is 0. The summed E-state index contributed by atoms with van der Waals surface area (Å²) in [4.78, 5) is 18.0. The lowest BCUT2D eigenvalue weighted by atomic mass is 10.2. The van der Waals surface area contributed by atoms with Crippen LogP contribution < -0.4 is 17.2 Å². The lowest BCUT2D eigenvalue weighted by Crippen LogP contribution is -2.03. The van der Waals surface area contributed by atoms with E-state index in [-0.39, 0.29) is 23.3 Å². The van der Waals surface area contributed by atoms with E-state index < -0.39 is 0 Å². The molecule has 0 bridgehead atoms. The summed E-state index contributed by atoms with van der Waals surface area (Å²) in [5.74, 6) is 0.0841. The lowest BCUT2D eigenvalue weighted by molar-refractivity contribution is 0.112. The molecule has 19 heavy (non-hydrogen) atoms. The summed E-state index contributed by atoms with van der Waals surface area (Å²) in [6.07, 6.45) is 0.741. The van der Waals surface area contributed by atoms with Crippen LogP contribution in [0.5, 0.6) is 0 Å². The average molecular weight is 257 g/mol. The average Bonchev–Trinajstić information content (AvgIpc) is 2.38. The molecule has 96 valence electrons. The number of nitrogen functional groups attached to an aromatic ring is 3. The normalized spacial score (nSPS) is 10.7. The standard InChI is InChI=1S/C11H11N7O/c12-9-8(10(13)16-11(14)15-9)18-17-7-3-1-6(5-19)2-4-7/h1-5H,(H6,12,13,14,15,16). The fraction of sp³-hybridized carbons (Fsp3) is 0. The van der Waals surface area contributed by atoms with E-state index in [0.29, 0.717) is 11.3 Å². The van der Waals surface area contributed by atoms with Gasteiger partial charge in [0.05, 0.1) is 5.69 Å². The number of anilines is 3. The molecule has 1 aromatic heterocycles. The van der Waals surface area contributed by atoms with Crippen molar-refractivity contribution in [1.29, 1.82) is 0 Å². The maximum absolute atomic E-state index is 10.5. The van der Waals surface area contributed by atoms with Crippen LogP contribution in [-0.4, -0.2) is 16.3 Å². The predicted molar refractivity (Wildman–Crippen MR) is 71.3 cm³/mol. The quantitative estimate of drug-likeness (QED) is 0.560. The van der Waals surface area contributed by atoms with Crippen LogP contribution >= 0.6 is 0 Å². The number of nitrogens with zero attached hydrogens (tertiary/aromatic N) is 4. The van der Waals surface area contributed by atoms with Crippen molar-refractivity contribution >= 4 is 35.2 Å². The second kappa shape index (κ2) is 5.08. The highest BCUT2D eigenvalue weighted by Gasteiger charge is 2.07. The zero-order valence-corrected chi connectivity index (χ0v) is 9.82. The Balaban J connectivity index is 2.29. The Morgan fingerprint density at radius 2 is 1.53 bits per heavy atom. The maximum atomic E-state index is 10.5. The molecule has 0 atom stereocenters. The first kappa shape index (κ1) is 12.4. The summed E-state index contributed by atoms with van der Waals surface area (Å²) < 4.78 is 0. The molecule has 1 heterocycles. The fourth-order valence-corrected chi connectivity index (χ4v) is 1.34. The van der Waals surface area contributed by atoms with Crippen molar-refractivity contribution in [2.75, 3.05) is 17.2 Å². The van der Waals surface area contributed by atoms with Crippen molar-refractivity contribution in [3.05, 3.63) is 29.8 Å². The van der Waals surface area contributed by atoms with Gasteiger partial charge in [-0.3, -0.25) is 4.79 Å². The number of aldehydes is 1. The Hall–Kier alpha value is -3.03. The minimum atomic E-state index is -0.0238. The van der Waals surface area contributed by atoms with Gasteiger partial charge in [-0.2, -0.15) is 15.1 Å². The lowest BCUT2D eigenvalue weighted by Gasteiger charge is -2.02. The Kier molecular flexibility index (Phi) is 3.33. The van der Waals surface area contributed by atoms with Crippen LogP contribution in [0.4, 0.5) is 29.0 Å². The van der Waals surface area contributed by atoms with Crippen LogP contribution in [0.15, 0.2) is 34.5 Å². The molecule has 0 spiro atoms. The second-order valence-electron chi connectivity index (χ2n) is 3.61. The third kappa shape index (κ3) is 2.80. The van der Waals surface area contributed by atoms with E-state index in [1.165, 1.54) is 0 Å². The van der Waals surface area contributed by atoms with Gasteiger partial charge in [0.2, 0.25) is 5.95 Å². The van der Waals surface area contributed by atoms with Crippen molar-refractivity contribution in [1.82, 2.24) is 9.97 Å². The molecule has 0 amide bonds. The van der Waals surface area contributed by atoms with Crippen LogP contribution in [-0.2, 0) is 0 Å². The van der Waals surface area contributed by atoms with Crippen molar-refractivity contribution in [3.63, 3.8) is 0 Å². The molecule has 0 unspecified atom stereocenters. The van der Waals surface area contributed by atoms with E-state index >= 15 is 0 Å². The molecule has 0 saturated heterocycles. The van der Waals surface area contributed by atoms with Gasteiger partial charge < -0.3 is 17.2 Å². The van der Waals surface area contributed by atoms with Crippen molar-refractivity contribution in [2.45, 2.75) is 0 Å². The van der Waals surface area contributed by atoms with Crippen molar-refractivity contribution < 1.29 is 4.79 Å². The molecule has 0 fully saturated rings. The number of nitrogens with two attached hydrogens (primary N) is 3. The van der Waals surface area contributed by atoms with E-state index in [9.17, 15) is 4.79 Å². The number of aromatic nitrogens is 2. The predicted octanol–water partition coefficient (Wildman–Crippen LogP) is 1.45. The van der Waals surface area contributed by atoms with Gasteiger partial charge in [-0.25, -0.2) is 0 Å². The van der Waals surface area contributed by atoms with Crippen LogP contribution in [0.25, 0.3) is 0 Å². The van der Waals surface area contributed by atoms with E-state index in [1.54, 1.807) is 24.3 Å². The number of benzene rings is 1. The van der Waals surface area contributed by atoms with Gasteiger partial charge in [-0.15, -0.1) is 5.11 Å². The third-order valence-electron chi connectivity index (χ3n) is 2.25. The minimum Gasteiger partial charge on any atom is -0.382 e. The zero-order chi connectivity index (χ0) is 13.8. The molecule has 2 aromatic rings. The van der Waals surface area contributed by atoms with Gasteiger partial charge in [0.1, 0.15) is 6.29 Å². The van der Waals surface area contributed by atoms with Crippen molar-refractivity contribution in [3.8, 4) is 0 Å². The smallest absolute Gasteiger partial charge is 0.224 e. The number of rotatable bonds is 3. The molecule has 0 aliphatic heterocycles. The number of hydrogen-bond donors (Lipinski definition) is 3. The zero-order valence-electron chi connectivity index (χ0n) is 9.82. The van der Waals surface area contributed by atoms with Crippen LogP contribution in [0.2, 0.25) is 0 Å². The van der Waals surface area contributed by atoms with E-state index in [2.05, 4.69) is 20.2 Å². The topological polar surface area (TPSA) is 146 Å². The Morgan fingerprint density at radius 3 is 2.05 bits per heavy atom. The number of carbonyl (C=O) groups is 1. The molecule has 8 nitrogen and oxygen atoms in total. The van der Waals surface area contributed by atoms with E-state index in [0.717, 1.165) is 6.29 Å². The molecular formula is C11H11N7O. The fourth-order valence-electron chi connectivity index (χ4n) is 1.34. The highest BCUT2D eigenvalue weighted by Crippen LogP contribution is 2.28. The maximum Gasteiger partial charge on any atom is 0.224 e. The number of carbonyl (C=O) groups excluding carboxylic acids is 1. The molecule has 6 N–H and O–H groups in total. The highest BCUT2D eigenvalue weighted by molar-refractivity contribution is 5.75. The largest absolute Gasteiger partial charge is 0.382 e. The molecule has 8 heteroatoms. The highest BCUT2D eigenvalue weighted by atomic mass is 16.1. The minimum absolute atomic E-state index is 0.0238. The summed E-state index contributed by atoms with van der Waals surface area (Å²) in [5, 5.41) is 7.81. The molecule has 1 aromatic carbocycles. The summed E-state index contributed by atoms with van der Waals surface area (Å²) in [5.41, 5.74) is 17.9. The first-order valence-electron chi connectivity index (χ1n) is 5.25. The van der Waals surface area contributed by atoms with Gasteiger partial charge in [0.25, 0.3) is 0 Å². The van der Waals surface area contributed by atoms with Gasteiger partial charge in [0.15, 0.2) is 17.3 Å². The molecular weight excluding hydrogens is 246 g/mol. The van der Waals surface area contributed by atoms with E-state index in [4.69, 9.17) is 17.2 Å². The first-order chi connectivity index (χ1) is 9.10. The summed E-state index contributed by atoms with van der Waals surface area (Å²) in [6.45, 7) is 0. The van der Waals surface area contributed by atoms with Crippen LogP contribution in [0.1, 0.15) is 10.4 Å². The molecule has 0 aliphatic carbocycles. The van der Waals surface area contributed by atoms with Gasteiger partial charge in [-0.1, -0.05) is 0 Å². The molecule has 0 aliphatic rings. The van der Waals surface area contributed by atoms with Crippen molar-refractivity contribution in [2.24, 2.45) is 10.2 Å². The summed E-state index contributed by atoms with van der Waals surface area (Å²) in [7, 11) is 0. The van der Waals surface area contributed by atoms with Gasteiger partial charge in [-0.05, 0) is 24.3 Å². The Morgan fingerprint density at radius 1 is 0.947 bits per heavy atom. The molecule has 0 radical (unpaired) electrons. The second-order valence-corrected chi connectivity index (χ2v) is 3.61. The third-order valence-corrected chi connectivity index (χ3v) is 2.25. The SMILES string of the molecule is Nc1nc(N)c(N=Nc2ccc(C=O)cc2)c(N)n1. The monoisotopic (exact) mass is 257 g/mol. The number of azo groups is 1. The van der Waals surface area contributed by atoms with Gasteiger partial charge >= 0.3 is 0 Å². The Labute approximate surface area is 108 Å². The van der Waals surface area contributed by atoms with Crippen LogP contribution in [0, 0.1) is 0 Å². The first-order valence-corrected chi connectivity index (χ1v) is 5.25. The van der Waals surface area contributed by atoms with E-state index in [1.807, 2.05) is 0 Å². The number of hydrogen-bond acceptors (Lipinski definition) is 8. The molecule has 2 rings (SSSR count). The van der Waals surface area contributed by atoms with Crippen LogP contribution in [0.3, 0.4) is 0 Å².